The van der Waals surface area contributed by atoms with Gasteiger partial charge in [-0.3, -0.25) is 0 Å². The fourth-order valence-electron chi connectivity index (χ4n) is 1.09. The first-order chi connectivity index (χ1) is 8.02. The molecule has 5 heteroatoms. The Labute approximate surface area is 112 Å². The van der Waals surface area contributed by atoms with Crippen LogP contribution in [0, 0.1) is 5.92 Å². The van der Waals surface area contributed by atoms with E-state index in [4.69, 9.17) is 16.3 Å². The van der Waals surface area contributed by atoms with Crippen LogP contribution in [0.4, 0.5) is 0 Å². The van der Waals surface area contributed by atoms with Crippen LogP contribution in [0.15, 0.2) is 11.1 Å². The van der Waals surface area contributed by atoms with Crippen molar-refractivity contribution in [1.29, 1.82) is 0 Å². The van der Waals surface area contributed by atoms with E-state index in [9.17, 15) is 0 Å². The van der Waals surface area contributed by atoms with E-state index in [1.54, 1.807) is 17.8 Å². The van der Waals surface area contributed by atoms with Gasteiger partial charge in [0.2, 0.25) is 0 Å². The standard InChI is InChI=1S/C12H19ClN2OS/c1-5-16-7-11-14-10(13)6-12(15-11)17-9(4)8(2)3/h6,8-9H,5,7H2,1-4H3. The second-order valence-electron chi connectivity index (χ2n) is 4.15. The molecule has 0 aromatic carbocycles. The van der Waals surface area contributed by atoms with Gasteiger partial charge in [-0.2, -0.15) is 0 Å². The summed E-state index contributed by atoms with van der Waals surface area (Å²) in [4.78, 5) is 8.58. The van der Waals surface area contributed by atoms with Crippen molar-refractivity contribution < 1.29 is 4.74 Å². The van der Waals surface area contributed by atoms with Crippen LogP contribution < -0.4 is 0 Å². The van der Waals surface area contributed by atoms with Gasteiger partial charge < -0.3 is 4.74 Å². The van der Waals surface area contributed by atoms with Gasteiger partial charge in [-0.15, -0.1) is 11.8 Å². The van der Waals surface area contributed by atoms with Crippen LogP contribution in [0.3, 0.4) is 0 Å². The number of halogens is 1. The van der Waals surface area contributed by atoms with E-state index in [-0.39, 0.29) is 0 Å². The summed E-state index contributed by atoms with van der Waals surface area (Å²) in [7, 11) is 0. The van der Waals surface area contributed by atoms with Crippen molar-refractivity contribution in [3.8, 4) is 0 Å². The van der Waals surface area contributed by atoms with Gasteiger partial charge in [-0.1, -0.05) is 32.4 Å². The molecular weight excluding hydrogens is 256 g/mol. The Kier molecular flexibility index (Phi) is 6.23. The summed E-state index contributed by atoms with van der Waals surface area (Å²) in [5.74, 6) is 1.25. The van der Waals surface area contributed by atoms with Crippen LogP contribution in [0.2, 0.25) is 5.15 Å². The second-order valence-corrected chi connectivity index (χ2v) is 5.93. The lowest BCUT2D eigenvalue weighted by Crippen LogP contribution is -2.07. The molecule has 3 nitrogen and oxygen atoms in total. The Morgan fingerprint density at radius 3 is 2.65 bits per heavy atom. The molecule has 0 spiro atoms. The molecule has 17 heavy (non-hydrogen) atoms. The quantitative estimate of drug-likeness (QED) is 0.584. The Balaban J connectivity index is 2.74. The summed E-state index contributed by atoms with van der Waals surface area (Å²) < 4.78 is 5.29. The fourth-order valence-corrected chi connectivity index (χ4v) is 2.34. The Morgan fingerprint density at radius 2 is 2.06 bits per heavy atom. The molecule has 96 valence electrons. The number of nitrogens with zero attached hydrogens (tertiary/aromatic N) is 2. The molecule has 0 aliphatic heterocycles. The highest BCUT2D eigenvalue weighted by Crippen LogP contribution is 2.27. The third-order valence-corrected chi connectivity index (χ3v) is 3.96. The van der Waals surface area contributed by atoms with Gasteiger partial charge in [0.15, 0.2) is 5.82 Å². The molecule has 0 fully saturated rings. The van der Waals surface area contributed by atoms with E-state index >= 15 is 0 Å². The summed E-state index contributed by atoms with van der Waals surface area (Å²) in [5.41, 5.74) is 0. The number of aromatic nitrogens is 2. The minimum atomic E-state index is 0.417. The average Bonchev–Trinajstić information content (AvgIpc) is 2.25. The number of thioether (sulfide) groups is 1. The summed E-state index contributed by atoms with van der Waals surface area (Å²) in [5, 5.41) is 1.90. The number of hydrogen-bond donors (Lipinski definition) is 0. The van der Waals surface area contributed by atoms with Crippen molar-refractivity contribution in [1.82, 2.24) is 9.97 Å². The lowest BCUT2D eigenvalue weighted by Gasteiger charge is -2.14. The first kappa shape index (κ1) is 14.7. The van der Waals surface area contributed by atoms with E-state index in [0.717, 1.165) is 5.03 Å². The fraction of sp³-hybridized carbons (Fsp3) is 0.667. The van der Waals surface area contributed by atoms with Gasteiger partial charge in [-0.25, -0.2) is 9.97 Å². The van der Waals surface area contributed by atoms with Gasteiger partial charge >= 0.3 is 0 Å². The van der Waals surface area contributed by atoms with Crippen LogP contribution in [0.5, 0.6) is 0 Å². The highest BCUT2D eigenvalue weighted by atomic mass is 35.5. The lowest BCUT2D eigenvalue weighted by atomic mass is 10.2. The molecule has 1 aromatic rings. The maximum atomic E-state index is 5.97. The smallest absolute Gasteiger partial charge is 0.156 e. The zero-order chi connectivity index (χ0) is 12.8. The van der Waals surface area contributed by atoms with Crippen LogP contribution in [0.25, 0.3) is 0 Å². The maximum absolute atomic E-state index is 5.97. The molecular formula is C12H19ClN2OS. The highest BCUT2D eigenvalue weighted by molar-refractivity contribution is 7.99. The topological polar surface area (TPSA) is 35.0 Å². The van der Waals surface area contributed by atoms with E-state index in [2.05, 4.69) is 30.7 Å². The van der Waals surface area contributed by atoms with Crippen molar-refractivity contribution in [2.75, 3.05) is 6.61 Å². The molecule has 1 heterocycles. The molecule has 0 saturated carbocycles. The van der Waals surface area contributed by atoms with Crippen LogP contribution in [-0.2, 0) is 11.3 Å². The van der Waals surface area contributed by atoms with Crippen molar-refractivity contribution in [2.45, 2.75) is 44.6 Å². The van der Waals surface area contributed by atoms with Crippen molar-refractivity contribution in [2.24, 2.45) is 5.92 Å². The summed E-state index contributed by atoms with van der Waals surface area (Å²) in [6, 6.07) is 1.81. The van der Waals surface area contributed by atoms with E-state index in [1.807, 2.05) is 6.92 Å². The molecule has 1 atom stereocenters. The average molecular weight is 275 g/mol. The van der Waals surface area contributed by atoms with E-state index in [1.165, 1.54) is 0 Å². The number of ether oxygens (including phenoxy) is 1. The maximum Gasteiger partial charge on any atom is 0.156 e. The predicted octanol–water partition coefficient (Wildman–Crippen LogP) is 3.80. The molecule has 0 radical (unpaired) electrons. The Hall–Kier alpha value is -0.320. The van der Waals surface area contributed by atoms with Gasteiger partial charge in [0.05, 0.1) is 0 Å². The van der Waals surface area contributed by atoms with Gasteiger partial charge in [0.25, 0.3) is 0 Å². The summed E-state index contributed by atoms with van der Waals surface area (Å²) in [6.45, 7) is 9.60. The van der Waals surface area contributed by atoms with Crippen LogP contribution in [-0.4, -0.2) is 21.8 Å². The van der Waals surface area contributed by atoms with Crippen LogP contribution >= 0.6 is 23.4 Å². The van der Waals surface area contributed by atoms with Gasteiger partial charge in [0.1, 0.15) is 16.8 Å². The van der Waals surface area contributed by atoms with Crippen LogP contribution in [0.1, 0.15) is 33.5 Å². The molecule has 0 N–H and O–H groups in total. The van der Waals surface area contributed by atoms with E-state index in [0.29, 0.717) is 35.4 Å². The molecule has 1 rings (SSSR count). The first-order valence-corrected chi connectivity index (χ1v) is 7.06. The highest BCUT2D eigenvalue weighted by Gasteiger charge is 2.11. The van der Waals surface area contributed by atoms with Gasteiger partial charge in [0, 0.05) is 17.9 Å². The van der Waals surface area contributed by atoms with Crippen molar-refractivity contribution >= 4 is 23.4 Å². The largest absolute Gasteiger partial charge is 0.374 e. The minimum absolute atomic E-state index is 0.417. The zero-order valence-electron chi connectivity index (χ0n) is 10.7. The number of hydrogen-bond acceptors (Lipinski definition) is 4. The summed E-state index contributed by atoms with van der Waals surface area (Å²) in [6.07, 6.45) is 0. The molecule has 1 unspecified atom stereocenters. The third kappa shape index (κ3) is 5.23. The Bertz CT molecular complexity index is 360. The lowest BCUT2D eigenvalue weighted by molar-refractivity contribution is 0.128. The molecule has 0 amide bonds. The van der Waals surface area contributed by atoms with E-state index < -0.39 is 0 Å². The molecule has 1 aromatic heterocycles. The van der Waals surface area contributed by atoms with Gasteiger partial charge in [-0.05, 0) is 12.8 Å². The zero-order valence-corrected chi connectivity index (χ0v) is 12.3. The minimum Gasteiger partial charge on any atom is -0.374 e. The first-order valence-electron chi connectivity index (χ1n) is 5.80. The van der Waals surface area contributed by atoms with Crippen molar-refractivity contribution in [3.05, 3.63) is 17.0 Å². The molecule has 0 bridgehead atoms. The summed E-state index contributed by atoms with van der Waals surface area (Å²) >= 11 is 7.69. The molecule has 0 aliphatic rings. The molecule has 0 aliphatic carbocycles. The Morgan fingerprint density at radius 1 is 1.35 bits per heavy atom. The third-order valence-electron chi connectivity index (χ3n) is 2.40. The van der Waals surface area contributed by atoms with Crippen molar-refractivity contribution in [3.63, 3.8) is 0 Å². The number of rotatable bonds is 6. The predicted molar refractivity (Wildman–Crippen MR) is 72.5 cm³/mol. The SMILES string of the molecule is CCOCc1nc(Cl)cc(SC(C)C(C)C)n1. The second kappa shape index (κ2) is 7.19. The monoisotopic (exact) mass is 274 g/mol. The molecule has 0 saturated heterocycles. The normalized spacial score (nSPS) is 13.1.